The molecule has 2 unspecified atom stereocenters. The van der Waals surface area contributed by atoms with Gasteiger partial charge in [0.1, 0.15) is 6.10 Å². The van der Waals surface area contributed by atoms with E-state index in [-0.39, 0.29) is 12.1 Å². The number of rotatable bonds is 4. The molecule has 1 aliphatic carbocycles. The maximum Gasteiger partial charge on any atom is 0.244 e. The second-order valence-electron chi connectivity index (χ2n) is 5.45. The first-order valence-electron chi connectivity index (χ1n) is 6.96. The summed E-state index contributed by atoms with van der Waals surface area (Å²) in [5.74, 6) is 1.83. The largest absolute Gasteiger partial charge is 0.373 e. The molecule has 2 aromatic heterocycles. The van der Waals surface area contributed by atoms with E-state index in [4.69, 9.17) is 9.26 Å². The molecule has 0 radical (unpaired) electrons. The van der Waals surface area contributed by atoms with Gasteiger partial charge in [-0.15, -0.1) is 0 Å². The Balaban J connectivity index is 1.53. The molecule has 7 heteroatoms. The van der Waals surface area contributed by atoms with Gasteiger partial charge in [-0.25, -0.2) is 4.98 Å². The van der Waals surface area contributed by atoms with E-state index < -0.39 is 0 Å². The number of imidazole rings is 1. The fourth-order valence-electron chi connectivity index (χ4n) is 2.76. The number of nitrogens with zero attached hydrogens (tertiary/aromatic N) is 3. The molecule has 0 bridgehead atoms. The summed E-state index contributed by atoms with van der Waals surface area (Å²) in [6.45, 7) is 0.744. The van der Waals surface area contributed by atoms with Gasteiger partial charge in [0.2, 0.25) is 11.7 Å². The second kappa shape index (κ2) is 4.68. The van der Waals surface area contributed by atoms with Crippen LogP contribution in [0.25, 0.3) is 0 Å². The van der Waals surface area contributed by atoms with Gasteiger partial charge in [0.05, 0.1) is 23.8 Å². The molecule has 2 atom stereocenters. The minimum atomic E-state index is -0.0305. The topological polar surface area (TPSA) is 88.9 Å². The Hall–Kier alpha value is -1.73. The number of hydrogen-bond acceptors (Lipinski definition) is 6. The second-order valence-corrected chi connectivity index (χ2v) is 5.45. The number of H-pyrrole nitrogens is 1. The fraction of sp³-hybridized carbons (Fsp3) is 0.615. The van der Waals surface area contributed by atoms with Gasteiger partial charge in [-0.05, 0) is 18.8 Å². The van der Waals surface area contributed by atoms with Crippen molar-refractivity contribution in [3.8, 4) is 0 Å². The molecule has 0 saturated heterocycles. The monoisotopic (exact) mass is 275 g/mol. The summed E-state index contributed by atoms with van der Waals surface area (Å²) in [7, 11) is 1.70. The van der Waals surface area contributed by atoms with Crippen molar-refractivity contribution in [1.29, 1.82) is 0 Å². The molecule has 20 heavy (non-hydrogen) atoms. The van der Waals surface area contributed by atoms with Gasteiger partial charge in [0, 0.05) is 20.1 Å². The molecule has 1 fully saturated rings. The van der Waals surface area contributed by atoms with E-state index in [0.29, 0.717) is 17.6 Å². The van der Waals surface area contributed by atoms with E-state index in [2.05, 4.69) is 25.4 Å². The Bertz CT molecular complexity index is 603. The van der Waals surface area contributed by atoms with Crippen molar-refractivity contribution in [2.45, 2.75) is 38.0 Å². The highest BCUT2D eigenvalue weighted by molar-refractivity contribution is 5.17. The zero-order valence-electron chi connectivity index (χ0n) is 11.3. The Labute approximate surface area is 116 Å². The van der Waals surface area contributed by atoms with Crippen LogP contribution in [0.2, 0.25) is 0 Å². The Kier molecular flexibility index (Phi) is 2.82. The van der Waals surface area contributed by atoms with E-state index in [1.807, 2.05) is 0 Å². The molecule has 3 heterocycles. The Morgan fingerprint density at radius 2 is 2.35 bits per heavy atom. The van der Waals surface area contributed by atoms with Crippen LogP contribution in [0.1, 0.15) is 48.1 Å². The lowest BCUT2D eigenvalue weighted by molar-refractivity contribution is 0.0751. The van der Waals surface area contributed by atoms with Crippen LogP contribution in [-0.4, -0.2) is 27.2 Å². The average molecular weight is 275 g/mol. The van der Waals surface area contributed by atoms with Gasteiger partial charge in [0.25, 0.3) is 0 Å². The van der Waals surface area contributed by atoms with Crippen molar-refractivity contribution in [3.63, 3.8) is 0 Å². The first-order valence-corrected chi connectivity index (χ1v) is 6.96. The van der Waals surface area contributed by atoms with Gasteiger partial charge >= 0.3 is 0 Å². The van der Waals surface area contributed by atoms with Gasteiger partial charge in [-0.2, -0.15) is 4.98 Å². The van der Waals surface area contributed by atoms with E-state index in [1.165, 1.54) is 12.8 Å². The SMILES string of the molecule is COC(c1noc(C2Cc3nc[nH]c3CN2)n1)C1CC1. The van der Waals surface area contributed by atoms with Crippen LogP contribution >= 0.6 is 0 Å². The summed E-state index contributed by atoms with van der Waals surface area (Å²) in [5, 5.41) is 7.47. The van der Waals surface area contributed by atoms with Crippen LogP contribution in [-0.2, 0) is 17.7 Å². The number of aromatic nitrogens is 4. The maximum atomic E-state index is 5.48. The van der Waals surface area contributed by atoms with E-state index in [9.17, 15) is 0 Å². The van der Waals surface area contributed by atoms with E-state index in [1.54, 1.807) is 13.4 Å². The smallest absolute Gasteiger partial charge is 0.244 e. The molecule has 2 N–H and O–H groups in total. The van der Waals surface area contributed by atoms with Crippen LogP contribution < -0.4 is 5.32 Å². The molecule has 2 aromatic rings. The third-order valence-corrected chi connectivity index (χ3v) is 4.04. The number of aromatic amines is 1. The highest BCUT2D eigenvalue weighted by atomic mass is 16.5. The predicted molar refractivity (Wildman–Crippen MR) is 68.6 cm³/mol. The van der Waals surface area contributed by atoms with Gasteiger partial charge in [0.15, 0.2) is 0 Å². The molecular formula is C13H17N5O2. The summed E-state index contributed by atoms with van der Waals surface area (Å²) < 4.78 is 10.9. The molecule has 1 aliphatic heterocycles. The molecule has 0 aromatic carbocycles. The number of methoxy groups -OCH3 is 1. The summed E-state index contributed by atoms with van der Waals surface area (Å²) >= 11 is 0. The van der Waals surface area contributed by atoms with Gasteiger partial charge in [-0.1, -0.05) is 5.16 Å². The van der Waals surface area contributed by atoms with Crippen molar-refractivity contribution in [2.24, 2.45) is 5.92 Å². The molecule has 4 rings (SSSR count). The first kappa shape index (κ1) is 12.0. The highest BCUT2D eigenvalue weighted by Gasteiger charge is 2.36. The summed E-state index contributed by atoms with van der Waals surface area (Å²) in [6, 6.07) is 0.0313. The number of hydrogen-bond donors (Lipinski definition) is 2. The molecule has 106 valence electrons. The molecule has 1 saturated carbocycles. The maximum absolute atomic E-state index is 5.48. The summed E-state index contributed by atoms with van der Waals surface area (Å²) in [6.07, 6.45) is 4.82. The standard InChI is InChI=1S/C13H17N5O2/c1-19-11(7-2-3-7)12-17-13(20-18-12)9-4-8-10(5-14-9)16-6-15-8/h6-7,9,11,14H,2-5H2,1H3,(H,15,16). The predicted octanol–water partition coefficient (Wildman–Crippen LogP) is 1.28. The minimum Gasteiger partial charge on any atom is -0.373 e. The van der Waals surface area contributed by atoms with Crippen LogP contribution in [0.15, 0.2) is 10.9 Å². The van der Waals surface area contributed by atoms with Gasteiger partial charge in [-0.3, -0.25) is 5.32 Å². The fourth-order valence-corrected chi connectivity index (χ4v) is 2.76. The van der Waals surface area contributed by atoms with Crippen molar-refractivity contribution in [1.82, 2.24) is 25.4 Å². The summed E-state index contributed by atoms with van der Waals surface area (Å²) in [5.41, 5.74) is 2.20. The number of fused-ring (bicyclic) bond motifs is 1. The Morgan fingerprint density at radius 1 is 1.45 bits per heavy atom. The van der Waals surface area contributed by atoms with E-state index >= 15 is 0 Å². The van der Waals surface area contributed by atoms with Crippen LogP contribution in [0, 0.1) is 5.92 Å². The highest BCUT2D eigenvalue weighted by Crippen LogP contribution is 2.42. The van der Waals surface area contributed by atoms with Crippen LogP contribution in [0.3, 0.4) is 0 Å². The average Bonchev–Trinajstić information content (AvgIpc) is 3.01. The van der Waals surface area contributed by atoms with Crippen molar-refractivity contribution >= 4 is 0 Å². The van der Waals surface area contributed by atoms with Crippen molar-refractivity contribution in [2.75, 3.05) is 7.11 Å². The zero-order chi connectivity index (χ0) is 13.5. The molecule has 0 amide bonds. The van der Waals surface area contributed by atoms with Gasteiger partial charge < -0.3 is 14.2 Å². The molecule has 7 nitrogen and oxygen atoms in total. The van der Waals surface area contributed by atoms with Crippen LogP contribution in [0.5, 0.6) is 0 Å². The zero-order valence-corrected chi connectivity index (χ0v) is 11.3. The number of nitrogens with one attached hydrogen (secondary N) is 2. The normalized spacial score (nSPS) is 23.6. The van der Waals surface area contributed by atoms with Crippen molar-refractivity contribution < 1.29 is 9.26 Å². The molecule has 0 spiro atoms. The lowest BCUT2D eigenvalue weighted by Gasteiger charge is -2.19. The number of ether oxygens (including phenoxy) is 1. The first-order chi connectivity index (χ1) is 9.85. The molecular weight excluding hydrogens is 258 g/mol. The summed E-state index contributed by atoms with van der Waals surface area (Å²) in [4.78, 5) is 12.0. The van der Waals surface area contributed by atoms with Crippen LogP contribution in [0.4, 0.5) is 0 Å². The minimum absolute atomic E-state index is 0.0305. The van der Waals surface area contributed by atoms with E-state index in [0.717, 1.165) is 24.4 Å². The lowest BCUT2D eigenvalue weighted by Crippen LogP contribution is -2.28. The third kappa shape index (κ3) is 2.03. The third-order valence-electron chi connectivity index (χ3n) is 4.04. The van der Waals surface area contributed by atoms with Crippen molar-refractivity contribution in [3.05, 3.63) is 29.4 Å². The lowest BCUT2D eigenvalue weighted by atomic mass is 10.1. The molecule has 2 aliphatic rings. The quantitative estimate of drug-likeness (QED) is 0.873. The Morgan fingerprint density at radius 3 is 3.15 bits per heavy atom.